The lowest BCUT2D eigenvalue weighted by Crippen LogP contribution is -2.26. The van der Waals surface area contributed by atoms with Gasteiger partial charge in [-0.25, -0.2) is 4.79 Å². The fraction of sp³-hybridized carbons (Fsp3) is 0.500. The summed E-state index contributed by atoms with van der Waals surface area (Å²) in [6, 6.07) is 6.68. The van der Waals surface area contributed by atoms with Crippen LogP contribution in [0.5, 0.6) is 5.75 Å². The molecule has 0 aromatic heterocycles. The summed E-state index contributed by atoms with van der Waals surface area (Å²) in [6.45, 7) is 5.55. The van der Waals surface area contributed by atoms with Gasteiger partial charge in [-0.3, -0.25) is 0 Å². The number of hydrogen-bond acceptors (Lipinski definition) is 5. The molecule has 0 aliphatic rings. The van der Waals surface area contributed by atoms with Crippen molar-refractivity contribution in [3.63, 3.8) is 0 Å². The molecule has 1 aromatic carbocycles. The highest BCUT2D eigenvalue weighted by Gasteiger charge is 2.16. The van der Waals surface area contributed by atoms with Crippen molar-refractivity contribution in [1.29, 1.82) is 0 Å². The van der Waals surface area contributed by atoms with Crippen molar-refractivity contribution < 1.29 is 24.1 Å². The van der Waals surface area contributed by atoms with E-state index in [1.165, 1.54) is 0 Å². The number of carbonyl (C=O) groups is 1. The van der Waals surface area contributed by atoms with Crippen LogP contribution in [-0.4, -0.2) is 30.1 Å². The molecule has 1 aromatic rings. The van der Waals surface area contributed by atoms with Gasteiger partial charge in [0.2, 0.25) is 0 Å². The van der Waals surface area contributed by atoms with E-state index in [4.69, 9.17) is 19.3 Å². The second-order valence-corrected chi connectivity index (χ2v) is 4.43. The zero-order chi connectivity index (χ0) is 14.3. The van der Waals surface area contributed by atoms with Gasteiger partial charge < -0.3 is 19.3 Å². The fourth-order valence-electron chi connectivity index (χ4n) is 1.30. The SMILES string of the molecule is CC(C)OC(=O)C(C)OCOCc1ccc(O)cc1. The van der Waals surface area contributed by atoms with Crippen molar-refractivity contribution in [3.8, 4) is 5.75 Å². The van der Waals surface area contributed by atoms with Gasteiger partial charge in [0.05, 0.1) is 12.7 Å². The first-order valence-electron chi connectivity index (χ1n) is 6.16. The third kappa shape index (κ3) is 6.22. The maximum absolute atomic E-state index is 11.4. The Morgan fingerprint density at radius 2 is 1.84 bits per heavy atom. The van der Waals surface area contributed by atoms with Crippen LogP contribution in [0.15, 0.2) is 24.3 Å². The average Bonchev–Trinajstić information content (AvgIpc) is 2.35. The summed E-state index contributed by atoms with van der Waals surface area (Å²) in [5, 5.41) is 9.12. The molecular formula is C14H20O5. The number of esters is 1. The van der Waals surface area contributed by atoms with Gasteiger partial charge in [-0.15, -0.1) is 0 Å². The number of phenolic OH excluding ortho intramolecular Hbond substituents is 1. The number of rotatable bonds is 7. The first-order chi connectivity index (χ1) is 8.99. The van der Waals surface area contributed by atoms with Gasteiger partial charge in [-0.05, 0) is 38.5 Å². The minimum atomic E-state index is -0.651. The zero-order valence-corrected chi connectivity index (χ0v) is 11.5. The lowest BCUT2D eigenvalue weighted by atomic mass is 10.2. The van der Waals surface area contributed by atoms with Crippen molar-refractivity contribution >= 4 is 5.97 Å². The van der Waals surface area contributed by atoms with E-state index < -0.39 is 12.1 Å². The molecule has 0 bridgehead atoms. The molecule has 1 atom stereocenters. The smallest absolute Gasteiger partial charge is 0.335 e. The van der Waals surface area contributed by atoms with Gasteiger partial charge in [0.1, 0.15) is 12.5 Å². The van der Waals surface area contributed by atoms with Crippen LogP contribution in [0.25, 0.3) is 0 Å². The monoisotopic (exact) mass is 268 g/mol. The molecule has 0 saturated heterocycles. The molecule has 1 rings (SSSR count). The first-order valence-corrected chi connectivity index (χ1v) is 6.16. The molecule has 1 unspecified atom stereocenters. The number of aromatic hydroxyl groups is 1. The highest BCUT2D eigenvalue weighted by molar-refractivity contribution is 5.74. The topological polar surface area (TPSA) is 65.0 Å². The van der Waals surface area contributed by atoms with E-state index in [0.717, 1.165) is 5.56 Å². The van der Waals surface area contributed by atoms with Gasteiger partial charge in [0.15, 0.2) is 6.10 Å². The summed E-state index contributed by atoms with van der Waals surface area (Å²) >= 11 is 0. The summed E-state index contributed by atoms with van der Waals surface area (Å²) in [4.78, 5) is 11.4. The van der Waals surface area contributed by atoms with Crippen molar-refractivity contribution in [2.75, 3.05) is 6.79 Å². The van der Waals surface area contributed by atoms with E-state index in [1.54, 1.807) is 45.0 Å². The Balaban J connectivity index is 2.20. The van der Waals surface area contributed by atoms with Crippen LogP contribution in [0, 0.1) is 0 Å². The lowest BCUT2D eigenvalue weighted by molar-refractivity contribution is -0.169. The van der Waals surface area contributed by atoms with Crippen LogP contribution in [0.2, 0.25) is 0 Å². The fourth-order valence-corrected chi connectivity index (χ4v) is 1.30. The molecule has 0 fully saturated rings. The van der Waals surface area contributed by atoms with Gasteiger partial charge in [-0.1, -0.05) is 12.1 Å². The van der Waals surface area contributed by atoms with Crippen molar-refractivity contribution in [1.82, 2.24) is 0 Å². The normalized spacial score (nSPS) is 12.4. The summed E-state index contributed by atoms with van der Waals surface area (Å²) < 4.78 is 15.5. The quantitative estimate of drug-likeness (QED) is 0.466. The number of ether oxygens (including phenoxy) is 3. The summed E-state index contributed by atoms with van der Waals surface area (Å²) in [5.41, 5.74) is 0.916. The predicted molar refractivity (Wildman–Crippen MR) is 69.5 cm³/mol. The largest absolute Gasteiger partial charge is 0.508 e. The van der Waals surface area contributed by atoms with Crippen LogP contribution in [-0.2, 0) is 25.6 Å². The molecule has 5 nitrogen and oxygen atoms in total. The Hall–Kier alpha value is -1.59. The summed E-state index contributed by atoms with van der Waals surface area (Å²) in [7, 11) is 0. The van der Waals surface area contributed by atoms with Crippen LogP contribution < -0.4 is 0 Å². The maximum atomic E-state index is 11.4. The second-order valence-electron chi connectivity index (χ2n) is 4.43. The molecule has 0 amide bonds. The van der Waals surface area contributed by atoms with E-state index in [1.807, 2.05) is 0 Å². The minimum absolute atomic E-state index is 0.00917. The Kier molecular flexibility index (Phi) is 6.32. The van der Waals surface area contributed by atoms with Gasteiger partial charge in [0.25, 0.3) is 0 Å². The number of carbonyl (C=O) groups excluding carboxylic acids is 1. The molecule has 5 heteroatoms. The van der Waals surface area contributed by atoms with Crippen molar-refractivity contribution in [3.05, 3.63) is 29.8 Å². The van der Waals surface area contributed by atoms with Crippen LogP contribution in [0.3, 0.4) is 0 Å². The van der Waals surface area contributed by atoms with E-state index in [-0.39, 0.29) is 18.6 Å². The molecule has 106 valence electrons. The van der Waals surface area contributed by atoms with Crippen molar-refractivity contribution in [2.45, 2.75) is 39.6 Å². The van der Waals surface area contributed by atoms with Crippen LogP contribution in [0.4, 0.5) is 0 Å². The third-order valence-corrected chi connectivity index (χ3v) is 2.29. The molecule has 0 heterocycles. The number of phenols is 1. The molecule has 1 N–H and O–H groups in total. The van der Waals surface area contributed by atoms with Gasteiger partial charge >= 0.3 is 5.97 Å². The van der Waals surface area contributed by atoms with Crippen molar-refractivity contribution in [2.24, 2.45) is 0 Å². The third-order valence-electron chi connectivity index (χ3n) is 2.29. The average molecular weight is 268 g/mol. The molecule has 0 spiro atoms. The second kappa shape index (κ2) is 7.76. The molecule has 0 aliphatic heterocycles. The molecule has 19 heavy (non-hydrogen) atoms. The zero-order valence-electron chi connectivity index (χ0n) is 11.5. The standard InChI is InChI=1S/C14H20O5/c1-10(2)19-14(16)11(3)18-9-17-8-12-4-6-13(15)7-5-12/h4-7,10-11,15H,8-9H2,1-3H3. The van der Waals surface area contributed by atoms with Crippen LogP contribution >= 0.6 is 0 Å². The summed E-state index contributed by atoms with van der Waals surface area (Å²) in [5.74, 6) is -0.187. The molecule has 0 saturated carbocycles. The van der Waals surface area contributed by atoms with E-state index in [0.29, 0.717) is 6.61 Å². The Morgan fingerprint density at radius 3 is 2.42 bits per heavy atom. The minimum Gasteiger partial charge on any atom is -0.508 e. The maximum Gasteiger partial charge on any atom is 0.335 e. The van der Waals surface area contributed by atoms with E-state index in [9.17, 15) is 4.79 Å². The first kappa shape index (κ1) is 15.5. The van der Waals surface area contributed by atoms with Crippen LogP contribution in [0.1, 0.15) is 26.3 Å². The highest BCUT2D eigenvalue weighted by Crippen LogP contribution is 2.10. The lowest BCUT2D eigenvalue weighted by Gasteiger charge is -2.14. The Labute approximate surface area is 113 Å². The van der Waals surface area contributed by atoms with E-state index >= 15 is 0 Å². The molecular weight excluding hydrogens is 248 g/mol. The Morgan fingerprint density at radius 1 is 1.21 bits per heavy atom. The number of hydrogen-bond donors (Lipinski definition) is 1. The number of benzene rings is 1. The summed E-state index contributed by atoms with van der Waals surface area (Å²) in [6.07, 6.45) is -0.807. The van der Waals surface area contributed by atoms with E-state index in [2.05, 4.69) is 0 Å². The highest BCUT2D eigenvalue weighted by atomic mass is 16.7. The van der Waals surface area contributed by atoms with Gasteiger partial charge in [-0.2, -0.15) is 0 Å². The molecule has 0 aliphatic carbocycles. The predicted octanol–water partition coefficient (Wildman–Crippen LogP) is 2.22. The Bertz CT molecular complexity index is 385. The van der Waals surface area contributed by atoms with Gasteiger partial charge in [0, 0.05) is 0 Å². The molecule has 0 radical (unpaired) electrons.